The molecule has 0 aromatic carbocycles. The van der Waals surface area contributed by atoms with Gasteiger partial charge in [-0.15, -0.1) is 0 Å². The average molecular weight is 956 g/mol. The van der Waals surface area contributed by atoms with E-state index in [4.69, 9.17) is 14.2 Å². The van der Waals surface area contributed by atoms with E-state index in [9.17, 15) is 14.4 Å². The normalized spacial score (nSPS) is 13.0. The van der Waals surface area contributed by atoms with Crippen LogP contribution in [0.4, 0.5) is 0 Å². The van der Waals surface area contributed by atoms with E-state index < -0.39 is 6.10 Å². The van der Waals surface area contributed by atoms with Crippen molar-refractivity contribution in [3.8, 4) is 0 Å². The lowest BCUT2D eigenvalue weighted by Crippen LogP contribution is -2.30. The molecular weight excluding hydrogens is 853 g/mol. The zero-order chi connectivity index (χ0) is 50.0. The van der Waals surface area contributed by atoms with Gasteiger partial charge in [-0.1, -0.05) is 258 Å². The molecule has 0 fully saturated rings. The van der Waals surface area contributed by atoms with Crippen LogP contribution in [0.3, 0.4) is 0 Å². The Kier molecular flexibility index (Phi) is 53.0. The number of carbonyl (C=O) groups excluding carboxylic acids is 3. The molecule has 0 radical (unpaired) electrons. The van der Waals surface area contributed by atoms with Gasteiger partial charge in [0.1, 0.15) is 13.2 Å². The van der Waals surface area contributed by atoms with Gasteiger partial charge in [-0.05, 0) is 83.5 Å². The molecule has 0 saturated carbocycles. The van der Waals surface area contributed by atoms with Crippen molar-refractivity contribution in [3.63, 3.8) is 0 Å². The van der Waals surface area contributed by atoms with Crippen LogP contribution in [-0.2, 0) is 28.6 Å². The van der Waals surface area contributed by atoms with E-state index in [1.54, 1.807) is 0 Å². The number of esters is 3. The number of rotatable bonds is 49. The number of ether oxygens (including phenoxy) is 3. The number of hydrogen-bond acceptors (Lipinski definition) is 6. The Morgan fingerprint density at radius 3 is 1.09 bits per heavy atom. The van der Waals surface area contributed by atoms with Crippen molar-refractivity contribution in [1.29, 1.82) is 0 Å². The smallest absolute Gasteiger partial charge is 0.306 e. The molecule has 6 heteroatoms. The fourth-order valence-electron chi connectivity index (χ4n) is 7.38. The highest BCUT2D eigenvalue weighted by Crippen LogP contribution is 2.15. The van der Waals surface area contributed by atoms with Gasteiger partial charge in [0.2, 0.25) is 0 Å². The summed E-state index contributed by atoms with van der Waals surface area (Å²) in [6.45, 7) is 6.39. The summed E-state index contributed by atoms with van der Waals surface area (Å²) in [5, 5.41) is 0. The van der Waals surface area contributed by atoms with Gasteiger partial charge < -0.3 is 14.2 Å². The van der Waals surface area contributed by atoms with E-state index in [-0.39, 0.29) is 37.5 Å². The van der Waals surface area contributed by atoms with Crippen molar-refractivity contribution in [2.45, 2.75) is 245 Å². The highest BCUT2D eigenvalue weighted by molar-refractivity contribution is 5.71. The molecule has 0 rings (SSSR count). The third kappa shape index (κ3) is 54.6. The monoisotopic (exact) mass is 955 g/mol. The third-order valence-electron chi connectivity index (χ3n) is 11.6. The van der Waals surface area contributed by atoms with E-state index in [0.717, 1.165) is 122 Å². The van der Waals surface area contributed by atoms with Gasteiger partial charge in [0, 0.05) is 19.3 Å². The summed E-state index contributed by atoms with van der Waals surface area (Å²) < 4.78 is 16.8. The predicted octanol–water partition coefficient (Wildman–Crippen LogP) is 18.9. The van der Waals surface area contributed by atoms with E-state index in [1.165, 1.54) is 77.0 Å². The van der Waals surface area contributed by atoms with Crippen LogP contribution in [0.5, 0.6) is 0 Å². The zero-order valence-corrected chi connectivity index (χ0v) is 44.5. The number of allylic oxidation sites excluding steroid dienone is 20. The molecule has 0 aromatic heterocycles. The number of hydrogen-bond donors (Lipinski definition) is 0. The van der Waals surface area contributed by atoms with Crippen LogP contribution in [0.15, 0.2) is 122 Å². The van der Waals surface area contributed by atoms with Crippen molar-refractivity contribution in [2.24, 2.45) is 0 Å². The molecule has 0 aliphatic carbocycles. The molecule has 69 heavy (non-hydrogen) atoms. The van der Waals surface area contributed by atoms with E-state index in [1.807, 2.05) is 24.3 Å². The Morgan fingerprint density at radius 1 is 0.319 bits per heavy atom. The third-order valence-corrected chi connectivity index (χ3v) is 11.6. The van der Waals surface area contributed by atoms with Crippen molar-refractivity contribution in [3.05, 3.63) is 122 Å². The van der Waals surface area contributed by atoms with Crippen molar-refractivity contribution in [2.75, 3.05) is 13.2 Å². The van der Waals surface area contributed by atoms with Gasteiger partial charge >= 0.3 is 17.9 Å². The summed E-state index contributed by atoms with van der Waals surface area (Å²) in [5.41, 5.74) is 0. The minimum absolute atomic E-state index is 0.101. The summed E-state index contributed by atoms with van der Waals surface area (Å²) in [7, 11) is 0. The fraction of sp³-hybridized carbons (Fsp3) is 0.635. The minimum atomic E-state index is -0.808. The topological polar surface area (TPSA) is 78.9 Å². The van der Waals surface area contributed by atoms with Crippen molar-refractivity contribution in [1.82, 2.24) is 0 Å². The lowest BCUT2D eigenvalue weighted by atomic mass is 10.0. The van der Waals surface area contributed by atoms with Crippen LogP contribution in [0.1, 0.15) is 239 Å². The zero-order valence-electron chi connectivity index (χ0n) is 44.5. The maximum Gasteiger partial charge on any atom is 0.306 e. The van der Waals surface area contributed by atoms with Gasteiger partial charge in [-0.3, -0.25) is 14.4 Å². The molecule has 0 aliphatic heterocycles. The molecule has 0 spiro atoms. The minimum Gasteiger partial charge on any atom is -0.462 e. The second kappa shape index (κ2) is 56.4. The Bertz CT molecular complexity index is 1470. The first kappa shape index (κ1) is 64.8. The molecule has 0 aliphatic rings. The molecule has 0 saturated heterocycles. The Hall–Kier alpha value is -4.19. The van der Waals surface area contributed by atoms with Crippen molar-refractivity contribution < 1.29 is 28.6 Å². The summed E-state index contributed by atoms with van der Waals surface area (Å²) in [4.78, 5) is 38.1. The Labute approximate surface area is 424 Å². The van der Waals surface area contributed by atoms with Gasteiger partial charge in [0.15, 0.2) is 6.10 Å². The average Bonchev–Trinajstić information content (AvgIpc) is 3.35. The molecule has 1 unspecified atom stereocenters. The van der Waals surface area contributed by atoms with E-state index in [2.05, 4.69) is 118 Å². The summed E-state index contributed by atoms with van der Waals surface area (Å²) in [6.07, 6.45) is 77.5. The van der Waals surface area contributed by atoms with Crippen molar-refractivity contribution >= 4 is 17.9 Å². The van der Waals surface area contributed by atoms with Gasteiger partial charge in [-0.25, -0.2) is 0 Å². The van der Waals surface area contributed by atoms with Gasteiger partial charge in [0.25, 0.3) is 0 Å². The second-order valence-electron chi connectivity index (χ2n) is 18.2. The lowest BCUT2D eigenvalue weighted by Gasteiger charge is -2.18. The molecule has 0 aromatic rings. The first-order valence-corrected chi connectivity index (χ1v) is 28.1. The van der Waals surface area contributed by atoms with Gasteiger partial charge in [-0.2, -0.15) is 0 Å². The fourth-order valence-corrected chi connectivity index (χ4v) is 7.38. The van der Waals surface area contributed by atoms with E-state index >= 15 is 0 Å². The molecule has 0 heterocycles. The second-order valence-corrected chi connectivity index (χ2v) is 18.2. The number of carbonyl (C=O) groups is 3. The first-order valence-electron chi connectivity index (χ1n) is 28.1. The maximum absolute atomic E-state index is 12.8. The summed E-state index contributed by atoms with van der Waals surface area (Å²) in [5.74, 6) is -0.960. The lowest BCUT2D eigenvalue weighted by molar-refractivity contribution is -0.167. The predicted molar refractivity (Wildman–Crippen MR) is 297 cm³/mol. The highest BCUT2D eigenvalue weighted by atomic mass is 16.6. The van der Waals surface area contributed by atoms with Crippen LogP contribution in [-0.4, -0.2) is 37.2 Å². The highest BCUT2D eigenvalue weighted by Gasteiger charge is 2.19. The number of unbranched alkanes of at least 4 members (excludes halogenated alkanes) is 22. The van der Waals surface area contributed by atoms with E-state index in [0.29, 0.717) is 12.8 Å². The molecular formula is C63H102O6. The van der Waals surface area contributed by atoms with Crippen LogP contribution in [0.2, 0.25) is 0 Å². The Balaban J connectivity index is 4.52. The SMILES string of the molecule is CC/C=C\C/C=C\C/C=C\C/C=C\C/C=C\CCCCCC(=O)OCC(COC(=O)CCCCCCCCCCCCCCCC)OC(=O)CCCCCCC\C=C/C=C\C=C/C=C\C=C/CCC. The molecule has 0 amide bonds. The largest absolute Gasteiger partial charge is 0.462 e. The molecule has 6 nitrogen and oxygen atoms in total. The summed E-state index contributed by atoms with van der Waals surface area (Å²) in [6, 6.07) is 0. The molecule has 1 atom stereocenters. The van der Waals surface area contributed by atoms with Crippen LogP contribution in [0.25, 0.3) is 0 Å². The molecule has 0 bridgehead atoms. The van der Waals surface area contributed by atoms with Crippen LogP contribution < -0.4 is 0 Å². The van der Waals surface area contributed by atoms with Crippen LogP contribution >= 0.6 is 0 Å². The van der Waals surface area contributed by atoms with Crippen LogP contribution in [0, 0.1) is 0 Å². The van der Waals surface area contributed by atoms with Gasteiger partial charge in [0.05, 0.1) is 0 Å². The quantitative estimate of drug-likeness (QED) is 0.0199. The standard InChI is InChI=1S/C63H102O6/c1-4-7-10-13-16-19-22-25-28-30-32-34-35-38-41-44-47-50-53-56-62(65)68-59-60(58-67-61(64)55-52-49-46-43-40-37-27-24-21-18-15-12-9-6-3)69-63(66)57-54-51-48-45-42-39-36-33-31-29-26-23-20-17-14-11-8-5-2/h7,10-11,14,16-17,19-20,23,25-26,28-29,31-34,36,38,41,60H,4-6,8-9,12-13,15,18,21-22,24,27,30,35,37,39-40,42-59H2,1-3H3/b10-7-,14-11-,19-16-,20-17-,26-23-,28-25-,31-29-,34-32-,36-33-,41-38-. The molecule has 0 N–H and O–H groups in total. The first-order chi connectivity index (χ1) is 34.0. The molecule has 390 valence electrons. The Morgan fingerprint density at radius 2 is 0.652 bits per heavy atom. The maximum atomic E-state index is 12.8. The summed E-state index contributed by atoms with van der Waals surface area (Å²) >= 11 is 0.